The predicted octanol–water partition coefficient (Wildman–Crippen LogP) is -1.13. The molecular weight excluding hydrogens is 479 g/mol. The summed E-state index contributed by atoms with van der Waals surface area (Å²) in [4.78, 5) is 28.6. The number of rotatable bonds is 6. The Morgan fingerprint density at radius 1 is 1.59 bits per heavy atom. The van der Waals surface area contributed by atoms with E-state index in [1.54, 1.807) is 0 Å². The Morgan fingerprint density at radius 3 is 2.76 bits per heavy atom. The van der Waals surface area contributed by atoms with Crippen molar-refractivity contribution in [2.75, 3.05) is 6.54 Å². The molecule has 0 spiro atoms. The SMILES string of the molecule is NCCC(=O)N[C@@H](Cc1cnc[nH]1)C(=O)O.[Rf]. The number of imidazole rings is 1. The van der Waals surface area contributed by atoms with Crippen LogP contribution in [0, 0.1) is 0 Å². The summed E-state index contributed by atoms with van der Waals surface area (Å²) in [5.74, 6) is -1.45. The molecule has 1 atom stereocenters. The molecule has 0 saturated heterocycles. The average Bonchev–Trinajstić information content (AvgIpc) is 2.69. The second kappa shape index (κ2) is 6.57. The number of aromatic amines is 1. The van der Waals surface area contributed by atoms with Crippen LogP contribution in [0.1, 0.15) is 12.1 Å². The summed E-state index contributed by atoms with van der Waals surface area (Å²) in [6, 6.07) is -0.959. The van der Waals surface area contributed by atoms with Crippen LogP contribution in [-0.4, -0.2) is 39.5 Å². The van der Waals surface area contributed by atoms with Gasteiger partial charge in [-0.15, -0.1) is 0 Å². The van der Waals surface area contributed by atoms with Gasteiger partial charge >= 0.3 is 5.97 Å². The average molecular weight is 493 g/mol. The van der Waals surface area contributed by atoms with E-state index in [4.69, 9.17) is 10.8 Å². The molecule has 0 bridgehead atoms. The molecule has 17 heavy (non-hydrogen) atoms. The van der Waals surface area contributed by atoms with Gasteiger partial charge in [0.2, 0.25) is 5.91 Å². The normalized spacial score (nSPS) is 11.4. The maximum atomic E-state index is 11.2. The number of hydrogen-bond acceptors (Lipinski definition) is 4. The van der Waals surface area contributed by atoms with Crippen molar-refractivity contribution >= 4 is 11.9 Å². The minimum Gasteiger partial charge on any atom is -0.480 e. The van der Waals surface area contributed by atoms with Gasteiger partial charge in [-0.2, -0.15) is 0 Å². The van der Waals surface area contributed by atoms with Gasteiger partial charge in [0.25, 0.3) is 0 Å². The molecule has 0 fully saturated rings. The molecule has 0 aliphatic heterocycles. The number of aromatic nitrogens is 2. The third-order valence-electron chi connectivity index (χ3n) is 1.98. The molecule has 90 valence electrons. The first kappa shape index (κ1) is 14.1. The fourth-order valence-corrected chi connectivity index (χ4v) is 1.21. The Labute approximate surface area is 92.1 Å². The van der Waals surface area contributed by atoms with Crippen molar-refractivity contribution in [2.24, 2.45) is 5.73 Å². The van der Waals surface area contributed by atoms with E-state index in [2.05, 4.69) is 15.3 Å². The molecule has 1 aromatic heterocycles. The van der Waals surface area contributed by atoms with Crippen molar-refractivity contribution < 1.29 is 14.7 Å². The number of nitrogens with zero attached hydrogens (tertiary/aromatic N) is 1. The van der Waals surface area contributed by atoms with Crippen molar-refractivity contribution in [3.63, 3.8) is 0 Å². The van der Waals surface area contributed by atoms with Crippen LogP contribution in [-0.2, 0) is 16.0 Å². The van der Waals surface area contributed by atoms with Crippen LogP contribution in [0.2, 0.25) is 0 Å². The molecule has 5 N–H and O–H groups in total. The van der Waals surface area contributed by atoms with Gasteiger partial charge in [-0.3, -0.25) is 4.79 Å². The maximum Gasteiger partial charge on any atom is 0.326 e. The zero-order valence-electron chi connectivity index (χ0n) is 9.35. The number of carboxylic acids is 1. The standard InChI is InChI=1S/C9H14N4O3.Rf/c10-2-1-8(14)13-7(9(15)16)3-6-4-11-5-12-6;/h4-5,7H,1-3,10H2,(H,11,12)(H,13,14)(H,15,16);/t7-;/m0./s1. The number of nitrogens with two attached hydrogens (primary N) is 1. The number of aliphatic carboxylic acids is 1. The van der Waals surface area contributed by atoms with Gasteiger partial charge in [0.15, 0.2) is 0 Å². The van der Waals surface area contributed by atoms with Crippen molar-refractivity contribution in [3.05, 3.63) is 18.2 Å². The Kier molecular flexibility index (Phi) is 5.45. The fraction of sp³-hybridized carbons (Fsp3) is 0.444. The number of carbonyl (C=O) groups is 2. The summed E-state index contributed by atoms with van der Waals surface area (Å²) >= 11 is 0. The predicted molar refractivity (Wildman–Crippen MR) is 55.5 cm³/mol. The van der Waals surface area contributed by atoms with Gasteiger partial charge in [-0.1, -0.05) is 0 Å². The van der Waals surface area contributed by atoms with Crippen molar-refractivity contribution in [1.82, 2.24) is 15.3 Å². The topological polar surface area (TPSA) is 121 Å². The molecule has 0 aromatic carbocycles. The Bertz CT molecular complexity index is 355. The molecule has 0 aliphatic rings. The molecule has 0 radical (unpaired) electrons. The molecule has 0 saturated carbocycles. The number of amides is 1. The van der Waals surface area contributed by atoms with Crippen LogP contribution in [0.3, 0.4) is 0 Å². The molecule has 1 aromatic rings. The largest absolute Gasteiger partial charge is 0.480 e. The first-order chi connectivity index (χ1) is 7.63. The van der Waals surface area contributed by atoms with E-state index in [9.17, 15) is 9.59 Å². The summed E-state index contributed by atoms with van der Waals surface area (Å²) in [7, 11) is 0. The third-order valence-corrected chi connectivity index (χ3v) is 1.98. The van der Waals surface area contributed by atoms with Crippen LogP contribution < -0.4 is 11.1 Å². The molecule has 0 aliphatic carbocycles. The number of carboxylic acid groups (broad SMARTS) is 1. The molecule has 1 rings (SSSR count). The summed E-state index contributed by atoms with van der Waals surface area (Å²) in [5, 5.41) is 11.3. The minimum absolute atomic E-state index is 0. The van der Waals surface area contributed by atoms with E-state index >= 15 is 0 Å². The van der Waals surface area contributed by atoms with Crippen LogP contribution in [0.15, 0.2) is 12.5 Å². The number of H-pyrrole nitrogens is 1. The van der Waals surface area contributed by atoms with E-state index in [0.717, 1.165) is 0 Å². The van der Waals surface area contributed by atoms with Crippen molar-refractivity contribution in [2.45, 2.75) is 18.9 Å². The van der Waals surface area contributed by atoms with Crippen molar-refractivity contribution in [1.29, 1.82) is 0 Å². The summed E-state index contributed by atoms with van der Waals surface area (Å²) in [6.07, 6.45) is 3.26. The molecule has 1 heterocycles. The van der Waals surface area contributed by atoms with Crippen LogP contribution in [0.25, 0.3) is 0 Å². The quantitative estimate of drug-likeness (QED) is 0.400. The van der Waals surface area contributed by atoms with E-state index in [0.29, 0.717) is 5.69 Å². The number of nitrogens with one attached hydrogen (secondary N) is 2. The Morgan fingerprint density at radius 2 is 2.29 bits per heavy atom. The zero-order chi connectivity index (χ0) is 12.0. The van der Waals surface area contributed by atoms with Gasteiger partial charge in [-0.25, -0.2) is 9.78 Å². The van der Waals surface area contributed by atoms with Gasteiger partial charge in [0, 0.05) is 31.3 Å². The smallest absolute Gasteiger partial charge is 0.326 e. The van der Waals surface area contributed by atoms with Crippen LogP contribution >= 0.6 is 0 Å². The molecule has 8 heteroatoms. The monoisotopic (exact) mass is 493 g/mol. The second-order valence-corrected chi connectivity index (χ2v) is 3.28. The van der Waals surface area contributed by atoms with Crippen LogP contribution in [0.5, 0.6) is 0 Å². The Hall–Kier alpha value is -2.89. The van der Waals surface area contributed by atoms with Gasteiger partial charge in [0.1, 0.15) is 6.04 Å². The molecular formula is C9H14N4O3Rf. The number of carbonyl (C=O) groups excluding carboxylic acids is 1. The Balaban J connectivity index is 0.00000256. The van der Waals surface area contributed by atoms with E-state index in [1.807, 2.05) is 0 Å². The first-order valence-corrected chi connectivity index (χ1v) is 4.83. The van der Waals surface area contributed by atoms with E-state index < -0.39 is 12.0 Å². The fourth-order valence-electron chi connectivity index (χ4n) is 1.21. The van der Waals surface area contributed by atoms with Crippen molar-refractivity contribution in [3.8, 4) is 0 Å². The van der Waals surface area contributed by atoms with E-state index in [-0.39, 0.29) is 25.3 Å². The molecule has 1 amide bonds. The summed E-state index contributed by atoms with van der Waals surface area (Å²) < 4.78 is 0. The van der Waals surface area contributed by atoms with Gasteiger partial charge in [-0.05, 0) is 0 Å². The van der Waals surface area contributed by atoms with Gasteiger partial charge < -0.3 is 21.1 Å². The summed E-state index contributed by atoms with van der Waals surface area (Å²) in [5.41, 5.74) is 5.85. The first-order valence-electron chi connectivity index (χ1n) is 4.83. The second-order valence-electron chi connectivity index (χ2n) is 3.28. The molecule has 7 nitrogen and oxygen atoms in total. The summed E-state index contributed by atoms with van der Waals surface area (Å²) in [6.45, 7) is 0.197. The third kappa shape index (κ3) is 4.43. The van der Waals surface area contributed by atoms with E-state index in [1.165, 1.54) is 12.5 Å². The number of hydrogen-bond donors (Lipinski definition) is 4. The van der Waals surface area contributed by atoms with Crippen LogP contribution in [0.4, 0.5) is 0 Å². The minimum atomic E-state index is -1.08. The maximum absolute atomic E-state index is 11.2. The van der Waals surface area contributed by atoms with Gasteiger partial charge in [0.05, 0.1) is 6.33 Å². The zero-order valence-corrected chi connectivity index (χ0v) is 15.7. The molecule has 0 unspecified atom stereocenters.